The molecule has 0 fully saturated rings. The van der Waals surface area contributed by atoms with Gasteiger partial charge in [0.1, 0.15) is 0 Å². The molecule has 0 amide bonds. The van der Waals surface area contributed by atoms with Crippen LogP contribution in [0.25, 0.3) is 0 Å². The molecule has 21 heavy (non-hydrogen) atoms. The highest BCUT2D eigenvalue weighted by Gasteiger charge is 2.11. The second kappa shape index (κ2) is 15.0. The molecule has 0 aliphatic rings. The Bertz CT molecular complexity index is 329. The Hall–Kier alpha value is -1.35. The molecule has 0 saturated carbocycles. The maximum atomic E-state index is 10.4. The molecule has 0 saturated heterocycles. The molecule has 3 nitrogen and oxygen atoms in total. The minimum absolute atomic E-state index is 0.364. The number of carboxylic acid groups (broad SMARTS) is 1. The molecule has 2 N–H and O–H groups in total. The molecule has 0 aliphatic heterocycles. The second-order valence-electron chi connectivity index (χ2n) is 5.14. The highest BCUT2D eigenvalue weighted by atomic mass is 16.4. The van der Waals surface area contributed by atoms with Crippen molar-refractivity contribution in [1.82, 2.24) is 0 Å². The van der Waals surface area contributed by atoms with Crippen LogP contribution in [-0.2, 0) is 4.79 Å². The van der Waals surface area contributed by atoms with Crippen LogP contribution >= 0.6 is 0 Å². The smallest absolute Gasteiger partial charge is 0.332 e. The lowest BCUT2D eigenvalue weighted by Gasteiger charge is -2.04. The summed E-state index contributed by atoms with van der Waals surface area (Å²) in [6, 6.07) is 0. The number of aliphatic carboxylic acids is 1. The molecule has 0 heterocycles. The Morgan fingerprint density at radius 1 is 0.905 bits per heavy atom. The summed E-state index contributed by atoms with van der Waals surface area (Å²) in [4.78, 5) is 10.4. The molecular formula is C18H30O3. The van der Waals surface area contributed by atoms with Gasteiger partial charge in [0.2, 0.25) is 0 Å². The van der Waals surface area contributed by atoms with Crippen molar-refractivity contribution in [3.63, 3.8) is 0 Å². The van der Waals surface area contributed by atoms with E-state index in [2.05, 4.69) is 43.4 Å². The van der Waals surface area contributed by atoms with Gasteiger partial charge in [-0.05, 0) is 38.5 Å². The van der Waals surface area contributed by atoms with Gasteiger partial charge in [0, 0.05) is 0 Å². The lowest BCUT2D eigenvalue weighted by Crippen LogP contribution is -2.18. The third-order valence-corrected chi connectivity index (χ3v) is 3.16. The third kappa shape index (κ3) is 14.9. The molecule has 120 valence electrons. The van der Waals surface area contributed by atoms with Gasteiger partial charge in [-0.1, -0.05) is 62.6 Å². The van der Waals surface area contributed by atoms with Crippen molar-refractivity contribution in [1.29, 1.82) is 0 Å². The molecule has 0 rings (SSSR count). The van der Waals surface area contributed by atoms with Crippen LogP contribution in [0.5, 0.6) is 0 Å². The highest BCUT2D eigenvalue weighted by Crippen LogP contribution is 2.08. The summed E-state index contributed by atoms with van der Waals surface area (Å²) >= 11 is 0. The van der Waals surface area contributed by atoms with Crippen molar-refractivity contribution in [3.05, 3.63) is 36.5 Å². The van der Waals surface area contributed by atoms with E-state index in [1.54, 1.807) is 0 Å². The normalized spacial score (nSPS) is 13.6. The fourth-order valence-electron chi connectivity index (χ4n) is 1.90. The van der Waals surface area contributed by atoms with Crippen LogP contribution in [0.15, 0.2) is 36.5 Å². The van der Waals surface area contributed by atoms with Crippen LogP contribution in [-0.4, -0.2) is 22.3 Å². The van der Waals surface area contributed by atoms with Crippen molar-refractivity contribution < 1.29 is 15.0 Å². The predicted molar refractivity (Wildman–Crippen MR) is 88.3 cm³/mol. The van der Waals surface area contributed by atoms with Crippen LogP contribution in [0.1, 0.15) is 64.7 Å². The Balaban J connectivity index is 3.33. The Morgan fingerprint density at radius 2 is 1.48 bits per heavy atom. The quantitative estimate of drug-likeness (QED) is 0.384. The maximum absolute atomic E-state index is 10.4. The molecule has 0 bridgehead atoms. The topological polar surface area (TPSA) is 57.5 Å². The first-order chi connectivity index (χ1) is 10.2. The summed E-state index contributed by atoms with van der Waals surface area (Å²) < 4.78 is 0. The molecule has 0 spiro atoms. The van der Waals surface area contributed by atoms with Gasteiger partial charge < -0.3 is 10.2 Å². The van der Waals surface area contributed by atoms with Crippen LogP contribution in [0.2, 0.25) is 0 Å². The first-order valence-corrected chi connectivity index (χ1v) is 8.04. The highest BCUT2D eigenvalue weighted by molar-refractivity contribution is 5.71. The zero-order chi connectivity index (χ0) is 15.8. The van der Waals surface area contributed by atoms with Crippen LogP contribution in [0.3, 0.4) is 0 Å². The van der Waals surface area contributed by atoms with Gasteiger partial charge >= 0.3 is 5.97 Å². The largest absolute Gasteiger partial charge is 0.479 e. The Labute approximate surface area is 129 Å². The number of hydrogen-bond acceptors (Lipinski definition) is 2. The Morgan fingerprint density at radius 3 is 2.10 bits per heavy atom. The number of hydrogen-bond donors (Lipinski definition) is 2. The summed E-state index contributed by atoms with van der Waals surface area (Å²) in [5, 5.41) is 17.6. The maximum Gasteiger partial charge on any atom is 0.332 e. The van der Waals surface area contributed by atoms with E-state index in [0.717, 1.165) is 51.4 Å². The number of rotatable bonds is 13. The van der Waals surface area contributed by atoms with E-state index in [0.29, 0.717) is 6.42 Å². The minimum atomic E-state index is -1.19. The molecule has 0 aliphatic carbocycles. The minimum Gasteiger partial charge on any atom is -0.479 e. The van der Waals surface area contributed by atoms with Crippen LogP contribution < -0.4 is 0 Å². The average Bonchev–Trinajstić information content (AvgIpc) is 2.47. The van der Waals surface area contributed by atoms with E-state index in [1.807, 2.05) is 0 Å². The first-order valence-electron chi connectivity index (χ1n) is 8.04. The summed E-state index contributed by atoms with van der Waals surface area (Å²) in [6.45, 7) is 2.14. The standard InChI is InChI=1S/C18H30O3/c1-2-3-4-5-6-7-8-9-10-11-12-13-14-15-16-17(19)18(20)21/h3-4,6-7,9-10,17,19H,2,5,8,11-16H2,1H3,(H,20,21)/b4-3-,7-6-,10-9+. The molecule has 0 aromatic carbocycles. The Kier molecular flexibility index (Phi) is 14.1. The summed E-state index contributed by atoms with van der Waals surface area (Å²) in [7, 11) is 0. The van der Waals surface area contributed by atoms with Crippen molar-refractivity contribution in [2.24, 2.45) is 0 Å². The first kappa shape index (κ1) is 19.7. The van der Waals surface area contributed by atoms with E-state index in [4.69, 9.17) is 10.2 Å². The van der Waals surface area contributed by atoms with Gasteiger partial charge in [0.15, 0.2) is 6.10 Å². The van der Waals surface area contributed by atoms with E-state index in [9.17, 15) is 4.79 Å². The van der Waals surface area contributed by atoms with Crippen molar-refractivity contribution in [2.75, 3.05) is 0 Å². The number of unbranched alkanes of at least 4 members (excludes halogenated alkanes) is 4. The SMILES string of the molecule is CC/C=C\C/C=C\C/C=C/CCCCCCC(O)C(=O)O. The number of carbonyl (C=O) groups is 1. The molecule has 0 aromatic heterocycles. The summed E-state index contributed by atoms with van der Waals surface area (Å²) in [5.74, 6) is -1.11. The molecule has 1 unspecified atom stereocenters. The fourth-order valence-corrected chi connectivity index (χ4v) is 1.90. The van der Waals surface area contributed by atoms with Gasteiger partial charge in [-0.2, -0.15) is 0 Å². The zero-order valence-corrected chi connectivity index (χ0v) is 13.2. The van der Waals surface area contributed by atoms with E-state index in [-0.39, 0.29) is 0 Å². The van der Waals surface area contributed by atoms with Crippen molar-refractivity contribution >= 4 is 5.97 Å². The summed E-state index contributed by atoms with van der Waals surface area (Å²) in [6.07, 6.45) is 20.5. The molecule has 3 heteroatoms. The molecule has 0 radical (unpaired) electrons. The molecule has 1 atom stereocenters. The van der Waals surface area contributed by atoms with Gasteiger partial charge in [-0.3, -0.25) is 0 Å². The number of aliphatic hydroxyl groups excluding tert-OH is 1. The van der Waals surface area contributed by atoms with Crippen LogP contribution in [0, 0.1) is 0 Å². The third-order valence-electron chi connectivity index (χ3n) is 3.16. The summed E-state index contributed by atoms with van der Waals surface area (Å²) in [5.41, 5.74) is 0. The number of allylic oxidation sites excluding steroid dienone is 6. The molecule has 0 aromatic rings. The van der Waals surface area contributed by atoms with Gasteiger partial charge in [-0.25, -0.2) is 4.79 Å². The van der Waals surface area contributed by atoms with Gasteiger partial charge in [0.25, 0.3) is 0 Å². The van der Waals surface area contributed by atoms with Crippen LogP contribution in [0.4, 0.5) is 0 Å². The monoisotopic (exact) mass is 294 g/mol. The van der Waals surface area contributed by atoms with E-state index in [1.165, 1.54) is 0 Å². The average molecular weight is 294 g/mol. The molecular weight excluding hydrogens is 264 g/mol. The fraction of sp³-hybridized carbons (Fsp3) is 0.611. The predicted octanol–water partition coefficient (Wildman–Crippen LogP) is 4.63. The van der Waals surface area contributed by atoms with Crippen molar-refractivity contribution in [3.8, 4) is 0 Å². The lowest BCUT2D eigenvalue weighted by molar-refractivity contribution is -0.146. The van der Waals surface area contributed by atoms with Crippen molar-refractivity contribution in [2.45, 2.75) is 70.8 Å². The number of carboxylic acids is 1. The van der Waals surface area contributed by atoms with E-state index >= 15 is 0 Å². The van der Waals surface area contributed by atoms with Gasteiger partial charge in [0.05, 0.1) is 0 Å². The second-order valence-corrected chi connectivity index (χ2v) is 5.14. The number of aliphatic hydroxyl groups is 1. The van der Waals surface area contributed by atoms with Gasteiger partial charge in [-0.15, -0.1) is 0 Å². The lowest BCUT2D eigenvalue weighted by atomic mass is 10.1. The van der Waals surface area contributed by atoms with E-state index < -0.39 is 12.1 Å². The zero-order valence-electron chi connectivity index (χ0n) is 13.2.